The highest BCUT2D eigenvalue weighted by Gasteiger charge is 2.43. The lowest BCUT2D eigenvalue weighted by atomic mass is 9.91. The average molecular weight is 269 g/mol. The molecule has 1 fully saturated rings. The quantitative estimate of drug-likeness (QED) is 0.775. The molecule has 1 heterocycles. The summed E-state index contributed by atoms with van der Waals surface area (Å²) in [4.78, 5) is 25.4. The van der Waals surface area contributed by atoms with Gasteiger partial charge in [0.1, 0.15) is 6.61 Å². The second-order valence-electron chi connectivity index (χ2n) is 5.40. The summed E-state index contributed by atoms with van der Waals surface area (Å²) in [5.41, 5.74) is 0.557. The SMILES string of the molecule is C=C(C)[C@H](C(=O)N1C(=O)OC[C@@H]1C(C)C)[C@H](O)CC. The Morgan fingerprint density at radius 3 is 2.58 bits per heavy atom. The summed E-state index contributed by atoms with van der Waals surface area (Å²) in [6, 6.07) is -0.272. The molecule has 1 rings (SSSR count). The maximum absolute atomic E-state index is 12.5. The molecule has 2 amide bonds. The maximum atomic E-state index is 12.5. The van der Waals surface area contributed by atoms with Gasteiger partial charge >= 0.3 is 6.09 Å². The van der Waals surface area contributed by atoms with E-state index in [0.29, 0.717) is 12.0 Å². The first-order valence-corrected chi connectivity index (χ1v) is 6.64. The van der Waals surface area contributed by atoms with Gasteiger partial charge in [0.05, 0.1) is 18.1 Å². The number of hydrogen-bond acceptors (Lipinski definition) is 4. The minimum Gasteiger partial charge on any atom is -0.447 e. The number of carbonyl (C=O) groups excluding carboxylic acids is 2. The predicted octanol–water partition coefficient (Wildman–Crippen LogP) is 1.95. The van der Waals surface area contributed by atoms with Crippen molar-refractivity contribution >= 4 is 12.0 Å². The van der Waals surface area contributed by atoms with Crippen LogP contribution in [0.25, 0.3) is 0 Å². The van der Waals surface area contributed by atoms with Crippen molar-refractivity contribution in [3.63, 3.8) is 0 Å². The molecule has 1 aliphatic heterocycles. The molecule has 0 spiro atoms. The average Bonchev–Trinajstić information content (AvgIpc) is 2.70. The molecule has 0 unspecified atom stereocenters. The molecule has 108 valence electrons. The van der Waals surface area contributed by atoms with Crippen LogP contribution in [-0.2, 0) is 9.53 Å². The van der Waals surface area contributed by atoms with Crippen LogP contribution >= 0.6 is 0 Å². The van der Waals surface area contributed by atoms with Gasteiger partial charge in [0, 0.05) is 0 Å². The number of nitrogens with zero attached hydrogens (tertiary/aromatic N) is 1. The molecule has 0 aromatic rings. The molecular weight excluding hydrogens is 246 g/mol. The molecule has 0 aliphatic carbocycles. The van der Waals surface area contributed by atoms with Crippen molar-refractivity contribution in [3.8, 4) is 0 Å². The molecule has 19 heavy (non-hydrogen) atoms. The topological polar surface area (TPSA) is 66.8 Å². The van der Waals surface area contributed by atoms with Crippen LogP contribution in [0.5, 0.6) is 0 Å². The van der Waals surface area contributed by atoms with Crippen molar-refractivity contribution in [1.82, 2.24) is 4.90 Å². The number of aliphatic hydroxyl groups is 1. The first kappa shape index (κ1) is 15.7. The third-order valence-electron chi connectivity index (χ3n) is 3.51. The number of ether oxygens (including phenoxy) is 1. The summed E-state index contributed by atoms with van der Waals surface area (Å²) in [7, 11) is 0. The van der Waals surface area contributed by atoms with Crippen LogP contribution < -0.4 is 0 Å². The van der Waals surface area contributed by atoms with E-state index in [9.17, 15) is 14.7 Å². The number of aliphatic hydroxyl groups excluding tert-OH is 1. The second-order valence-corrected chi connectivity index (χ2v) is 5.40. The van der Waals surface area contributed by atoms with E-state index in [1.54, 1.807) is 13.8 Å². The maximum Gasteiger partial charge on any atom is 0.417 e. The summed E-state index contributed by atoms with van der Waals surface area (Å²) in [5.74, 6) is -1.06. The normalized spacial score (nSPS) is 22.3. The zero-order valence-electron chi connectivity index (χ0n) is 12.0. The summed E-state index contributed by atoms with van der Waals surface area (Å²) in [6.07, 6.45) is -1.03. The van der Waals surface area contributed by atoms with E-state index in [4.69, 9.17) is 4.74 Å². The summed E-state index contributed by atoms with van der Waals surface area (Å²) in [5, 5.41) is 9.97. The number of rotatable bonds is 5. The van der Waals surface area contributed by atoms with Gasteiger partial charge in [-0.2, -0.15) is 0 Å². The molecule has 1 N–H and O–H groups in total. The fourth-order valence-corrected chi connectivity index (χ4v) is 2.27. The van der Waals surface area contributed by atoms with E-state index < -0.39 is 24.0 Å². The van der Waals surface area contributed by atoms with Gasteiger partial charge in [0.25, 0.3) is 0 Å². The van der Waals surface area contributed by atoms with Crippen LogP contribution in [-0.4, -0.2) is 40.8 Å². The lowest BCUT2D eigenvalue weighted by Gasteiger charge is -2.29. The van der Waals surface area contributed by atoms with Crippen molar-refractivity contribution < 1.29 is 19.4 Å². The van der Waals surface area contributed by atoms with Crippen molar-refractivity contribution in [2.45, 2.75) is 46.3 Å². The molecule has 1 saturated heterocycles. The first-order valence-electron chi connectivity index (χ1n) is 6.64. The Hall–Kier alpha value is -1.36. The van der Waals surface area contributed by atoms with Crippen molar-refractivity contribution in [2.75, 3.05) is 6.61 Å². The Kier molecular flexibility index (Phi) is 5.11. The molecule has 0 aromatic carbocycles. The molecule has 0 bridgehead atoms. The lowest BCUT2D eigenvalue weighted by molar-refractivity contribution is -0.136. The summed E-state index contributed by atoms with van der Waals surface area (Å²) >= 11 is 0. The number of cyclic esters (lactones) is 1. The molecule has 5 heteroatoms. The van der Waals surface area contributed by atoms with E-state index >= 15 is 0 Å². The fraction of sp³-hybridized carbons (Fsp3) is 0.714. The molecule has 0 aromatic heterocycles. The Morgan fingerprint density at radius 2 is 2.16 bits per heavy atom. The highest BCUT2D eigenvalue weighted by atomic mass is 16.6. The Bertz CT molecular complexity index is 378. The molecular formula is C14H23NO4. The molecule has 0 radical (unpaired) electrons. The van der Waals surface area contributed by atoms with Gasteiger partial charge in [-0.15, -0.1) is 0 Å². The van der Waals surface area contributed by atoms with Crippen LogP contribution in [0, 0.1) is 11.8 Å². The van der Waals surface area contributed by atoms with E-state index in [2.05, 4.69) is 6.58 Å². The number of imide groups is 1. The van der Waals surface area contributed by atoms with Gasteiger partial charge in [-0.25, -0.2) is 9.69 Å². The standard InChI is InChI=1S/C14H23NO4/c1-6-11(16)12(9(4)5)13(17)15-10(8(2)3)7-19-14(15)18/h8,10-12,16H,4,6-7H2,1-3,5H3/t10-,11-,12+/m1/s1. The van der Waals surface area contributed by atoms with Crippen molar-refractivity contribution in [1.29, 1.82) is 0 Å². The monoisotopic (exact) mass is 269 g/mol. The van der Waals surface area contributed by atoms with Gasteiger partial charge in [0.2, 0.25) is 5.91 Å². The first-order chi connectivity index (χ1) is 8.81. The zero-order valence-corrected chi connectivity index (χ0v) is 12.0. The number of hydrogen-bond donors (Lipinski definition) is 1. The van der Waals surface area contributed by atoms with Crippen LogP contribution in [0.15, 0.2) is 12.2 Å². The van der Waals surface area contributed by atoms with Gasteiger partial charge in [-0.3, -0.25) is 4.79 Å². The number of amides is 2. The largest absolute Gasteiger partial charge is 0.447 e. The third kappa shape index (κ3) is 3.15. The predicted molar refractivity (Wildman–Crippen MR) is 71.4 cm³/mol. The van der Waals surface area contributed by atoms with E-state index in [-0.39, 0.29) is 18.6 Å². The zero-order chi connectivity index (χ0) is 14.7. The van der Waals surface area contributed by atoms with E-state index in [1.807, 2.05) is 13.8 Å². The smallest absolute Gasteiger partial charge is 0.417 e. The summed E-state index contributed by atoms with van der Waals surface area (Å²) < 4.78 is 4.96. The minimum atomic E-state index is -0.828. The van der Waals surface area contributed by atoms with Gasteiger partial charge < -0.3 is 9.84 Å². The van der Waals surface area contributed by atoms with Crippen molar-refractivity contribution in [3.05, 3.63) is 12.2 Å². The second kappa shape index (κ2) is 6.19. The molecule has 0 saturated carbocycles. The molecule has 3 atom stereocenters. The van der Waals surface area contributed by atoms with E-state index in [1.165, 1.54) is 0 Å². The molecule has 1 aliphatic rings. The van der Waals surface area contributed by atoms with Gasteiger partial charge in [-0.1, -0.05) is 32.9 Å². The van der Waals surface area contributed by atoms with Crippen LogP contribution in [0.3, 0.4) is 0 Å². The minimum absolute atomic E-state index is 0.111. The Balaban J connectivity index is 3.01. The molecule has 5 nitrogen and oxygen atoms in total. The van der Waals surface area contributed by atoms with Crippen molar-refractivity contribution in [2.24, 2.45) is 11.8 Å². The lowest BCUT2D eigenvalue weighted by Crippen LogP contribution is -2.47. The fourth-order valence-electron chi connectivity index (χ4n) is 2.27. The third-order valence-corrected chi connectivity index (χ3v) is 3.51. The van der Waals surface area contributed by atoms with Gasteiger partial charge in [-0.05, 0) is 19.3 Å². The number of carbonyl (C=O) groups is 2. The van der Waals surface area contributed by atoms with Crippen LogP contribution in [0.4, 0.5) is 4.79 Å². The Labute approximate surface area is 114 Å². The van der Waals surface area contributed by atoms with Gasteiger partial charge in [0.15, 0.2) is 0 Å². The highest BCUT2D eigenvalue weighted by Crippen LogP contribution is 2.26. The van der Waals surface area contributed by atoms with E-state index in [0.717, 1.165) is 4.90 Å². The Morgan fingerprint density at radius 1 is 1.58 bits per heavy atom. The van der Waals surface area contributed by atoms with Crippen LogP contribution in [0.2, 0.25) is 0 Å². The highest BCUT2D eigenvalue weighted by molar-refractivity contribution is 5.96. The van der Waals surface area contributed by atoms with Crippen LogP contribution in [0.1, 0.15) is 34.1 Å². The summed E-state index contributed by atoms with van der Waals surface area (Å²) in [6.45, 7) is 11.3.